The van der Waals surface area contributed by atoms with Gasteiger partial charge in [-0.15, -0.1) is 11.8 Å². The maximum absolute atomic E-state index is 12.0. The molecule has 0 radical (unpaired) electrons. The number of nitrogens with zero attached hydrogens (tertiary/aromatic N) is 3. The lowest BCUT2D eigenvalue weighted by molar-refractivity contribution is -0.137. The number of hydrogen-bond acceptors (Lipinski definition) is 5. The van der Waals surface area contributed by atoms with Crippen molar-refractivity contribution in [3.8, 4) is 0 Å². The molecule has 0 aromatic carbocycles. The zero-order chi connectivity index (χ0) is 15.6. The highest BCUT2D eigenvalue weighted by Gasteiger charge is 2.50. The van der Waals surface area contributed by atoms with Crippen LogP contribution in [0.1, 0.15) is 12.0 Å². The summed E-state index contributed by atoms with van der Waals surface area (Å²) in [6.45, 7) is 2.87. The first-order valence-electron chi connectivity index (χ1n) is 7.63. The lowest BCUT2D eigenvalue weighted by atomic mass is 9.93. The van der Waals surface area contributed by atoms with E-state index in [0.717, 1.165) is 30.8 Å². The highest BCUT2D eigenvalue weighted by Crippen LogP contribution is 2.46. The number of aromatic nitrogens is 1. The van der Waals surface area contributed by atoms with Gasteiger partial charge in [-0.25, -0.2) is 0 Å². The topological polar surface area (TPSA) is 45.7 Å². The van der Waals surface area contributed by atoms with E-state index >= 15 is 0 Å². The molecule has 3 heterocycles. The molecule has 0 bridgehead atoms. The number of hydrogen-bond donors (Lipinski definition) is 0. The molecular formula is C16H23N3O2S. The summed E-state index contributed by atoms with van der Waals surface area (Å²) in [6, 6.07) is 3.97. The second kappa shape index (κ2) is 6.56. The van der Waals surface area contributed by atoms with E-state index in [-0.39, 0.29) is 16.8 Å². The van der Waals surface area contributed by atoms with Gasteiger partial charge in [-0.1, -0.05) is 6.07 Å². The Hall–Kier alpha value is -1.11. The molecule has 0 saturated carbocycles. The normalized spacial score (nSPS) is 23.0. The number of likely N-dealkylation sites (N-methyl/N-ethyl adjacent to an activating group) is 1. The summed E-state index contributed by atoms with van der Waals surface area (Å²) < 4.78 is 6.25. The lowest BCUT2D eigenvalue weighted by Crippen LogP contribution is -2.62. The first-order valence-corrected chi connectivity index (χ1v) is 8.62. The first kappa shape index (κ1) is 15.8. The van der Waals surface area contributed by atoms with E-state index in [1.165, 1.54) is 0 Å². The van der Waals surface area contributed by atoms with Gasteiger partial charge in [0.05, 0.1) is 24.0 Å². The van der Waals surface area contributed by atoms with Gasteiger partial charge in [0.25, 0.3) is 0 Å². The van der Waals surface area contributed by atoms with Crippen LogP contribution in [0.25, 0.3) is 0 Å². The molecule has 0 aliphatic carbocycles. The van der Waals surface area contributed by atoms with Crippen LogP contribution >= 0.6 is 11.8 Å². The summed E-state index contributed by atoms with van der Waals surface area (Å²) in [4.78, 5) is 20.0. The highest BCUT2D eigenvalue weighted by atomic mass is 32.2. The van der Waals surface area contributed by atoms with Crippen molar-refractivity contribution in [3.63, 3.8) is 0 Å². The standard InChI is InChI=1S/C16H23N3O2S/c1-18(2)8-15(20)19-11-16(12-19)6-14(10-22-16)21-9-13-4-3-5-17-7-13/h3-5,7,14H,6,8-12H2,1-2H3/t14-/m1/s1. The second-order valence-corrected chi connectivity index (χ2v) is 7.97. The minimum Gasteiger partial charge on any atom is -0.373 e. The fraction of sp³-hybridized carbons (Fsp3) is 0.625. The molecule has 120 valence electrons. The van der Waals surface area contributed by atoms with Crippen LogP contribution in [-0.2, 0) is 16.1 Å². The molecule has 0 N–H and O–H groups in total. The summed E-state index contributed by atoms with van der Waals surface area (Å²) in [5.74, 6) is 1.26. The summed E-state index contributed by atoms with van der Waals surface area (Å²) in [6.07, 6.45) is 4.96. The quantitative estimate of drug-likeness (QED) is 0.817. The van der Waals surface area contributed by atoms with Crippen molar-refractivity contribution >= 4 is 17.7 Å². The molecule has 2 fully saturated rings. The summed E-state index contributed by atoms with van der Waals surface area (Å²) >= 11 is 1.97. The Morgan fingerprint density at radius 2 is 2.36 bits per heavy atom. The molecule has 5 nitrogen and oxygen atoms in total. The van der Waals surface area contributed by atoms with Crippen LogP contribution in [0.5, 0.6) is 0 Å². The van der Waals surface area contributed by atoms with Crippen LogP contribution in [-0.4, -0.2) is 71.0 Å². The van der Waals surface area contributed by atoms with Crippen molar-refractivity contribution < 1.29 is 9.53 Å². The maximum atomic E-state index is 12.0. The molecule has 1 amide bonds. The largest absolute Gasteiger partial charge is 0.373 e. The fourth-order valence-corrected chi connectivity index (χ4v) is 4.58. The third-order valence-corrected chi connectivity index (χ3v) is 5.72. The van der Waals surface area contributed by atoms with Crippen LogP contribution in [0.3, 0.4) is 0 Å². The summed E-state index contributed by atoms with van der Waals surface area (Å²) in [5, 5.41) is 0. The predicted molar refractivity (Wildman–Crippen MR) is 87.8 cm³/mol. The third-order valence-electron chi connectivity index (χ3n) is 4.15. The molecule has 0 unspecified atom stereocenters. The van der Waals surface area contributed by atoms with Crippen molar-refractivity contribution in [2.45, 2.75) is 23.9 Å². The average molecular weight is 321 g/mol. The lowest BCUT2D eigenvalue weighted by Gasteiger charge is -2.47. The Kier molecular flexibility index (Phi) is 4.70. The number of thioether (sulfide) groups is 1. The second-order valence-electron chi connectivity index (χ2n) is 6.48. The van der Waals surface area contributed by atoms with Crippen molar-refractivity contribution in [1.29, 1.82) is 0 Å². The van der Waals surface area contributed by atoms with Crippen molar-refractivity contribution in [3.05, 3.63) is 30.1 Å². The molecule has 1 atom stereocenters. The first-order chi connectivity index (χ1) is 10.6. The molecule has 1 aromatic rings. The van der Waals surface area contributed by atoms with E-state index in [0.29, 0.717) is 13.2 Å². The zero-order valence-corrected chi connectivity index (χ0v) is 14.0. The number of amides is 1. The number of carbonyl (C=O) groups is 1. The van der Waals surface area contributed by atoms with E-state index in [2.05, 4.69) is 4.98 Å². The fourth-order valence-electron chi connectivity index (χ4n) is 3.02. The van der Waals surface area contributed by atoms with Crippen molar-refractivity contribution in [2.75, 3.05) is 39.5 Å². The van der Waals surface area contributed by atoms with Crippen LogP contribution in [0.15, 0.2) is 24.5 Å². The minimum absolute atomic E-state index is 0.232. The SMILES string of the molecule is CN(C)CC(=O)N1CC2(C[C@@H](OCc3cccnc3)CS2)C1. The Balaban J connectivity index is 1.43. The van der Waals surface area contributed by atoms with E-state index < -0.39 is 0 Å². The predicted octanol–water partition coefficient (Wildman–Crippen LogP) is 1.25. The molecule has 1 aromatic heterocycles. The monoisotopic (exact) mass is 321 g/mol. The molecule has 6 heteroatoms. The average Bonchev–Trinajstić information content (AvgIpc) is 2.88. The molecule has 22 heavy (non-hydrogen) atoms. The van der Waals surface area contributed by atoms with Gasteiger partial charge in [-0.05, 0) is 32.1 Å². The summed E-state index contributed by atoms with van der Waals surface area (Å²) in [7, 11) is 3.86. The smallest absolute Gasteiger partial charge is 0.236 e. The number of carbonyl (C=O) groups excluding carboxylic acids is 1. The van der Waals surface area contributed by atoms with Gasteiger partial charge < -0.3 is 14.5 Å². The molecule has 2 saturated heterocycles. The van der Waals surface area contributed by atoms with Gasteiger partial charge in [0, 0.05) is 31.2 Å². The minimum atomic E-state index is 0.232. The van der Waals surface area contributed by atoms with E-state index in [9.17, 15) is 4.79 Å². The van der Waals surface area contributed by atoms with Gasteiger partial charge in [0.15, 0.2) is 0 Å². The van der Waals surface area contributed by atoms with Gasteiger partial charge in [-0.2, -0.15) is 0 Å². The van der Waals surface area contributed by atoms with Gasteiger partial charge in [0.2, 0.25) is 5.91 Å². The maximum Gasteiger partial charge on any atom is 0.236 e. The van der Waals surface area contributed by atoms with E-state index in [1.807, 2.05) is 54.0 Å². The van der Waals surface area contributed by atoms with Gasteiger partial charge >= 0.3 is 0 Å². The molecule has 2 aliphatic heterocycles. The van der Waals surface area contributed by atoms with Crippen LogP contribution in [0, 0.1) is 0 Å². The Labute approximate surface area is 136 Å². The summed E-state index contributed by atoms with van der Waals surface area (Å²) in [5.41, 5.74) is 1.12. The highest BCUT2D eigenvalue weighted by molar-refractivity contribution is 8.01. The molecule has 2 aliphatic rings. The van der Waals surface area contributed by atoms with Crippen molar-refractivity contribution in [1.82, 2.24) is 14.8 Å². The number of rotatable bonds is 5. The van der Waals surface area contributed by atoms with Crippen molar-refractivity contribution in [2.24, 2.45) is 0 Å². The Morgan fingerprint density at radius 3 is 3.05 bits per heavy atom. The Morgan fingerprint density at radius 1 is 1.55 bits per heavy atom. The van der Waals surface area contributed by atoms with Gasteiger partial charge in [0.1, 0.15) is 0 Å². The van der Waals surface area contributed by atoms with Gasteiger partial charge in [-0.3, -0.25) is 9.78 Å². The van der Waals surface area contributed by atoms with E-state index in [1.54, 1.807) is 6.20 Å². The number of pyridine rings is 1. The molecule has 3 rings (SSSR count). The number of ether oxygens (including phenoxy) is 1. The van der Waals surface area contributed by atoms with Crippen LogP contribution < -0.4 is 0 Å². The molecule has 1 spiro atoms. The van der Waals surface area contributed by atoms with E-state index in [4.69, 9.17) is 4.74 Å². The molecular weight excluding hydrogens is 298 g/mol. The third kappa shape index (κ3) is 3.62. The van der Waals surface area contributed by atoms with Crippen LogP contribution in [0.4, 0.5) is 0 Å². The van der Waals surface area contributed by atoms with Crippen LogP contribution in [0.2, 0.25) is 0 Å². The Bertz CT molecular complexity index is 517. The number of likely N-dealkylation sites (tertiary alicyclic amines) is 1. The zero-order valence-electron chi connectivity index (χ0n) is 13.2.